The maximum Gasteiger partial charge on any atom is 0.270 e. The maximum absolute atomic E-state index is 13.1. The van der Waals surface area contributed by atoms with Crippen molar-refractivity contribution in [1.82, 2.24) is 19.8 Å². The molecule has 5 rings (SSSR count). The summed E-state index contributed by atoms with van der Waals surface area (Å²) in [6.45, 7) is -0.117. The van der Waals surface area contributed by atoms with Crippen LogP contribution >= 0.6 is 0 Å². The molecule has 160 valence electrons. The zero-order valence-corrected chi connectivity index (χ0v) is 16.6. The van der Waals surface area contributed by atoms with Crippen molar-refractivity contribution < 1.29 is 18.6 Å². The molecule has 4 aromatic rings. The Morgan fingerprint density at radius 1 is 1.16 bits per heavy atom. The molecular weight excluding hydrogens is 416 g/mol. The predicted octanol–water partition coefficient (Wildman–Crippen LogP) is 3.42. The lowest BCUT2D eigenvalue weighted by atomic mass is 10.1. The molecule has 0 aliphatic carbocycles. The van der Waals surface area contributed by atoms with Crippen LogP contribution in [0, 0.1) is 10.1 Å². The number of nitro groups is 1. The summed E-state index contributed by atoms with van der Waals surface area (Å²) in [5, 5.41) is 21.1. The predicted molar refractivity (Wildman–Crippen MR) is 110 cm³/mol. The first-order valence-electron chi connectivity index (χ1n) is 9.69. The molecule has 1 aliphatic rings. The zero-order valence-electron chi connectivity index (χ0n) is 16.6. The molecule has 0 spiro atoms. The number of hydrogen-bond donors (Lipinski definition) is 0. The highest BCUT2D eigenvalue weighted by molar-refractivity contribution is 6.01. The van der Waals surface area contributed by atoms with E-state index in [1.54, 1.807) is 48.9 Å². The number of non-ortho nitro benzene ring substituents is 1. The standard InChI is InChI=1S/C21H16N6O5/c28-20(12-25-13-22-21(24-25)14-4-1-5-15(10-14)27(29)30)26-17(19-7-3-9-32-19)11-16(23-26)18-6-2-8-31-18/h1-10,13,17H,11-12H2. The minimum Gasteiger partial charge on any atom is -0.467 e. The van der Waals surface area contributed by atoms with Crippen LogP contribution in [0.3, 0.4) is 0 Å². The third-order valence-electron chi connectivity index (χ3n) is 4.99. The molecule has 0 radical (unpaired) electrons. The highest BCUT2D eigenvalue weighted by atomic mass is 16.6. The fourth-order valence-electron chi connectivity index (χ4n) is 3.51. The fraction of sp³-hybridized carbons (Fsp3) is 0.143. The van der Waals surface area contributed by atoms with Crippen LogP contribution in [0.1, 0.15) is 24.0 Å². The third kappa shape index (κ3) is 3.67. The molecule has 3 aromatic heterocycles. The van der Waals surface area contributed by atoms with Crippen LogP contribution in [0.15, 0.2) is 81.3 Å². The number of nitrogens with zero attached hydrogens (tertiary/aromatic N) is 6. The van der Waals surface area contributed by atoms with Gasteiger partial charge in [-0.05, 0) is 24.3 Å². The SMILES string of the molecule is O=C(Cn1cnc(-c2cccc([N+](=O)[O-])c2)n1)N1N=C(c2ccco2)CC1c1ccco1. The van der Waals surface area contributed by atoms with Gasteiger partial charge >= 0.3 is 0 Å². The average Bonchev–Trinajstić information content (AvgIpc) is 3.60. The van der Waals surface area contributed by atoms with Gasteiger partial charge in [0.2, 0.25) is 0 Å². The second-order valence-corrected chi connectivity index (χ2v) is 7.07. The van der Waals surface area contributed by atoms with E-state index in [1.165, 1.54) is 28.2 Å². The Balaban J connectivity index is 1.38. The van der Waals surface area contributed by atoms with Crippen molar-refractivity contribution in [3.8, 4) is 11.4 Å². The second kappa shape index (κ2) is 7.95. The molecule has 0 fully saturated rings. The molecular formula is C21H16N6O5. The maximum atomic E-state index is 13.1. The number of amides is 1. The van der Waals surface area contributed by atoms with Gasteiger partial charge in [0, 0.05) is 24.1 Å². The third-order valence-corrected chi connectivity index (χ3v) is 4.99. The van der Waals surface area contributed by atoms with Crippen molar-refractivity contribution in [2.45, 2.75) is 19.0 Å². The summed E-state index contributed by atoms with van der Waals surface area (Å²) < 4.78 is 12.3. The molecule has 1 unspecified atom stereocenters. The van der Waals surface area contributed by atoms with Crippen molar-refractivity contribution in [2.75, 3.05) is 0 Å². The zero-order chi connectivity index (χ0) is 22.1. The fourth-order valence-corrected chi connectivity index (χ4v) is 3.51. The van der Waals surface area contributed by atoms with E-state index in [1.807, 2.05) is 0 Å². The number of rotatable bonds is 6. The minimum absolute atomic E-state index is 0.0620. The Bertz CT molecular complexity index is 1290. The number of carbonyl (C=O) groups is 1. The Hall–Kier alpha value is -4.54. The van der Waals surface area contributed by atoms with Crippen LogP contribution in [0.25, 0.3) is 11.4 Å². The van der Waals surface area contributed by atoms with Gasteiger partial charge in [-0.25, -0.2) is 14.7 Å². The second-order valence-electron chi connectivity index (χ2n) is 7.07. The number of hydrogen-bond acceptors (Lipinski definition) is 8. The molecule has 0 saturated heterocycles. The minimum atomic E-state index is -0.485. The summed E-state index contributed by atoms with van der Waals surface area (Å²) in [5.41, 5.74) is 1.06. The molecule has 32 heavy (non-hydrogen) atoms. The normalized spacial score (nSPS) is 15.7. The molecule has 4 heterocycles. The van der Waals surface area contributed by atoms with Gasteiger partial charge in [0.1, 0.15) is 36.1 Å². The molecule has 1 aromatic carbocycles. The van der Waals surface area contributed by atoms with Crippen LogP contribution in [0.5, 0.6) is 0 Å². The van der Waals surface area contributed by atoms with Gasteiger partial charge in [0.25, 0.3) is 11.6 Å². The molecule has 0 bridgehead atoms. The summed E-state index contributed by atoms with van der Waals surface area (Å²) in [4.78, 5) is 27.8. The molecule has 0 saturated carbocycles. The number of nitro benzene ring substituents is 1. The molecule has 11 nitrogen and oxygen atoms in total. The highest BCUT2D eigenvalue weighted by Crippen LogP contribution is 2.33. The first-order chi connectivity index (χ1) is 15.6. The van der Waals surface area contributed by atoms with E-state index in [-0.39, 0.29) is 24.0 Å². The quantitative estimate of drug-likeness (QED) is 0.337. The van der Waals surface area contributed by atoms with Crippen LogP contribution in [0.4, 0.5) is 5.69 Å². The van der Waals surface area contributed by atoms with Crippen LogP contribution in [-0.4, -0.2) is 36.3 Å². The van der Waals surface area contributed by atoms with Gasteiger partial charge < -0.3 is 8.83 Å². The first kappa shape index (κ1) is 19.4. The van der Waals surface area contributed by atoms with E-state index in [4.69, 9.17) is 8.83 Å². The van der Waals surface area contributed by atoms with Gasteiger partial charge in [0.05, 0.1) is 17.4 Å². The van der Waals surface area contributed by atoms with Crippen molar-refractivity contribution >= 4 is 17.3 Å². The molecule has 0 N–H and O–H groups in total. The summed E-state index contributed by atoms with van der Waals surface area (Å²) in [6, 6.07) is 12.7. The Morgan fingerprint density at radius 3 is 2.75 bits per heavy atom. The Morgan fingerprint density at radius 2 is 2.00 bits per heavy atom. The Labute approximate surface area is 180 Å². The molecule has 1 atom stereocenters. The molecule has 11 heteroatoms. The van der Waals surface area contributed by atoms with Crippen molar-refractivity contribution in [2.24, 2.45) is 5.10 Å². The van der Waals surface area contributed by atoms with Gasteiger partial charge in [0.15, 0.2) is 5.82 Å². The number of carbonyl (C=O) groups excluding carboxylic acids is 1. The molecule has 1 amide bonds. The van der Waals surface area contributed by atoms with Crippen molar-refractivity contribution in [3.05, 3.63) is 89.0 Å². The van der Waals surface area contributed by atoms with Gasteiger partial charge in [-0.2, -0.15) is 10.2 Å². The lowest BCUT2D eigenvalue weighted by Crippen LogP contribution is -2.30. The van der Waals surface area contributed by atoms with E-state index in [0.29, 0.717) is 29.2 Å². The van der Waals surface area contributed by atoms with E-state index in [0.717, 1.165) is 0 Å². The van der Waals surface area contributed by atoms with Gasteiger partial charge in [-0.1, -0.05) is 12.1 Å². The lowest BCUT2D eigenvalue weighted by Gasteiger charge is -2.19. The number of furan rings is 2. The van der Waals surface area contributed by atoms with E-state index in [9.17, 15) is 14.9 Å². The van der Waals surface area contributed by atoms with E-state index in [2.05, 4.69) is 15.2 Å². The van der Waals surface area contributed by atoms with Crippen LogP contribution in [-0.2, 0) is 11.3 Å². The van der Waals surface area contributed by atoms with Crippen molar-refractivity contribution in [3.63, 3.8) is 0 Å². The van der Waals surface area contributed by atoms with Gasteiger partial charge in [-0.15, -0.1) is 0 Å². The highest BCUT2D eigenvalue weighted by Gasteiger charge is 2.35. The topological polar surface area (TPSA) is 133 Å². The largest absolute Gasteiger partial charge is 0.467 e. The average molecular weight is 432 g/mol. The van der Waals surface area contributed by atoms with Crippen molar-refractivity contribution in [1.29, 1.82) is 0 Å². The molecule has 1 aliphatic heterocycles. The number of hydrazone groups is 1. The summed E-state index contributed by atoms with van der Waals surface area (Å²) >= 11 is 0. The summed E-state index contributed by atoms with van der Waals surface area (Å²) in [5.74, 6) is 1.17. The number of benzene rings is 1. The Kier molecular flexibility index (Phi) is 4.82. The van der Waals surface area contributed by atoms with Crippen LogP contribution in [0.2, 0.25) is 0 Å². The van der Waals surface area contributed by atoms with Crippen LogP contribution < -0.4 is 0 Å². The summed E-state index contributed by atoms with van der Waals surface area (Å²) in [7, 11) is 0. The number of aromatic nitrogens is 3. The monoisotopic (exact) mass is 432 g/mol. The van der Waals surface area contributed by atoms with Gasteiger partial charge in [-0.3, -0.25) is 14.9 Å². The lowest BCUT2D eigenvalue weighted by molar-refractivity contribution is -0.384. The first-order valence-corrected chi connectivity index (χ1v) is 9.69. The van der Waals surface area contributed by atoms with E-state index < -0.39 is 11.0 Å². The summed E-state index contributed by atoms with van der Waals surface area (Å²) in [6.07, 6.45) is 4.95. The smallest absolute Gasteiger partial charge is 0.270 e. The van der Waals surface area contributed by atoms with E-state index >= 15 is 0 Å².